The molecule has 77 heavy (non-hydrogen) atoms. The molecule has 25 heteroatoms. The summed E-state index contributed by atoms with van der Waals surface area (Å²) < 4.78 is 292. The van der Waals surface area contributed by atoms with Crippen molar-refractivity contribution >= 4 is 7.32 Å². The van der Waals surface area contributed by atoms with E-state index in [0.29, 0.717) is 25.7 Å². The van der Waals surface area contributed by atoms with Crippen molar-refractivity contribution in [2.75, 3.05) is 26.3 Å². The quantitative estimate of drug-likeness (QED) is 0.0211. The fourth-order valence-electron chi connectivity index (χ4n) is 9.64. The number of nitrogens with zero attached hydrogens (tertiary/aromatic N) is 1. The highest BCUT2D eigenvalue weighted by Gasteiger charge is 2.61. The van der Waals surface area contributed by atoms with Gasteiger partial charge in [-0.25, -0.2) is 0 Å². The Labute approximate surface area is 437 Å². The van der Waals surface area contributed by atoms with Crippen LogP contribution in [-0.2, 0) is 52.3 Å². The molecule has 438 valence electrons. The monoisotopic (exact) mass is 1140 g/mol. The Bertz CT molecular complexity index is 2100. The molecule has 0 aliphatic rings. The van der Waals surface area contributed by atoms with E-state index in [0.717, 1.165) is 51.4 Å². The first-order valence-corrected chi connectivity index (χ1v) is 25.7. The zero-order valence-electron chi connectivity index (χ0n) is 43.7. The molecule has 3 aromatic rings. The minimum Gasteiger partial charge on any atom is -0.490 e. The van der Waals surface area contributed by atoms with Gasteiger partial charge >= 0.3 is 44.4 Å². The van der Waals surface area contributed by atoms with Crippen LogP contribution in [0.2, 0.25) is 0 Å². The summed E-state index contributed by atoms with van der Waals surface area (Å²) in [6, 6.07) is -1.67. The van der Waals surface area contributed by atoms with Crippen LogP contribution in [0.4, 0.5) is 79.0 Å². The summed E-state index contributed by atoms with van der Waals surface area (Å²) >= 11 is 0. The van der Waals surface area contributed by atoms with Crippen LogP contribution in [0.25, 0.3) is 0 Å². The first kappa shape index (κ1) is 67.0. The van der Waals surface area contributed by atoms with Crippen LogP contribution in [0.3, 0.4) is 0 Å². The second kappa shape index (κ2) is 28.2. The summed E-state index contributed by atoms with van der Waals surface area (Å²) in [6.07, 6.45) is -25.9. The van der Waals surface area contributed by atoms with Gasteiger partial charge in [-0.3, -0.25) is 4.48 Å². The summed E-state index contributed by atoms with van der Waals surface area (Å²) in [6.45, 7) is 9.30. The topological polar surface area (TPSA) is 46.2 Å². The van der Waals surface area contributed by atoms with E-state index < -0.39 is 142 Å². The minimum atomic E-state index is -5.81. The second-order valence-electron chi connectivity index (χ2n) is 18.6. The summed E-state index contributed by atoms with van der Waals surface area (Å²) in [4.78, 5) is 0. The number of hydrogen-bond donors (Lipinski definition) is 0. The number of rotatable bonds is 31. The predicted molar refractivity (Wildman–Crippen MR) is 252 cm³/mol. The van der Waals surface area contributed by atoms with Gasteiger partial charge in [-0.15, -0.1) is 0 Å². The standard InChI is InChI=1S/C52H67BF18NO5/c1-7-13-15-17-19-21-23-25-72(44(9-3)73-11-5,26-24-22-20-18-16-14-8-2)46(10-4,74-12-6)45-42(52(69,70)71)33-39(51(66,67)68)34-43(45)77-53(75-40-29-35(47(54,55)56)27-36(30-40)48(57,58)59)76-41-31-37(49(60,61)62)28-38(32-41)50(63,64)65/h27-34,44H,7-26H2,1-6H3/q+1. The second-order valence-corrected chi connectivity index (χ2v) is 18.6. The van der Waals surface area contributed by atoms with Crippen molar-refractivity contribution in [3.8, 4) is 17.2 Å². The van der Waals surface area contributed by atoms with Gasteiger partial charge in [0, 0.05) is 12.8 Å². The first-order chi connectivity index (χ1) is 35.7. The van der Waals surface area contributed by atoms with E-state index in [2.05, 4.69) is 0 Å². The van der Waals surface area contributed by atoms with Crippen molar-refractivity contribution in [1.29, 1.82) is 0 Å². The van der Waals surface area contributed by atoms with Crippen molar-refractivity contribution in [2.24, 2.45) is 0 Å². The van der Waals surface area contributed by atoms with E-state index in [4.69, 9.17) is 23.4 Å². The fraction of sp³-hybridized carbons (Fsp3) is 0.654. The van der Waals surface area contributed by atoms with Crippen LogP contribution < -0.4 is 14.0 Å². The Morgan fingerprint density at radius 3 is 1.09 bits per heavy atom. The van der Waals surface area contributed by atoms with Gasteiger partial charge in [-0.2, -0.15) is 79.0 Å². The molecule has 0 aliphatic carbocycles. The lowest BCUT2D eigenvalue weighted by Crippen LogP contribution is -2.70. The molecule has 3 aromatic carbocycles. The zero-order valence-corrected chi connectivity index (χ0v) is 43.7. The molecule has 0 saturated carbocycles. The number of quaternary nitrogens is 1. The van der Waals surface area contributed by atoms with E-state index in [-0.39, 0.29) is 75.4 Å². The minimum absolute atomic E-state index is 0.0218. The van der Waals surface area contributed by atoms with Crippen LogP contribution in [0.1, 0.15) is 183 Å². The highest BCUT2D eigenvalue weighted by atomic mass is 19.4. The molecule has 0 spiro atoms. The highest BCUT2D eigenvalue weighted by Crippen LogP contribution is 2.54. The van der Waals surface area contributed by atoms with Gasteiger partial charge < -0.3 is 23.4 Å². The smallest absolute Gasteiger partial charge is 0.490 e. The third-order valence-electron chi connectivity index (χ3n) is 13.1. The molecule has 0 saturated heterocycles. The third-order valence-corrected chi connectivity index (χ3v) is 13.1. The average molecular weight is 1140 g/mol. The largest absolute Gasteiger partial charge is 0.864 e. The molecule has 0 fully saturated rings. The number of unbranched alkanes of at least 4 members (excludes halogenated alkanes) is 12. The van der Waals surface area contributed by atoms with Crippen molar-refractivity contribution in [1.82, 2.24) is 0 Å². The van der Waals surface area contributed by atoms with E-state index >= 15 is 26.3 Å². The Morgan fingerprint density at radius 1 is 0.416 bits per heavy atom. The van der Waals surface area contributed by atoms with Crippen molar-refractivity contribution in [3.63, 3.8) is 0 Å². The average Bonchev–Trinajstić information content (AvgIpc) is 3.31. The number of halogens is 18. The maximum absolute atomic E-state index is 16.1. The van der Waals surface area contributed by atoms with E-state index in [1.165, 1.54) is 13.8 Å². The Balaban J connectivity index is 2.69. The molecule has 2 unspecified atom stereocenters. The lowest BCUT2D eigenvalue weighted by atomic mass is 9.85. The molecular formula is C52H67BF18NO5+. The lowest BCUT2D eigenvalue weighted by molar-refractivity contribution is -1.05. The highest BCUT2D eigenvalue weighted by molar-refractivity contribution is 6.39. The van der Waals surface area contributed by atoms with Crippen molar-refractivity contribution < 1.29 is 107 Å². The zero-order chi connectivity index (χ0) is 58.3. The summed E-state index contributed by atoms with van der Waals surface area (Å²) in [5, 5.41) is 0. The van der Waals surface area contributed by atoms with Crippen LogP contribution >= 0.6 is 0 Å². The first-order valence-electron chi connectivity index (χ1n) is 25.7. The maximum atomic E-state index is 16.1. The summed E-state index contributed by atoms with van der Waals surface area (Å²) in [7, 11) is -3.38. The number of alkyl halides is 18. The van der Waals surface area contributed by atoms with Gasteiger partial charge in [0.25, 0.3) is 0 Å². The number of benzene rings is 3. The molecule has 0 aromatic heterocycles. The predicted octanol–water partition coefficient (Wildman–Crippen LogP) is 19.0. The maximum Gasteiger partial charge on any atom is 0.864 e. The molecule has 2 atom stereocenters. The van der Waals surface area contributed by atoms with Gasteiger partial charge in [0.15, 0.2) is 6.23 Å². The third kappa shape index (κ3) is 18.7. The molecule has 0 radical (unpaired) electrons. The molecule has 0 N–H and O–H groups in total. The normalized spacial score (nSPS) is 14.4. The van der Waals surface area contributed by atoms with Gasteiger partial charge in [-0.05, 0) is 88.1 Å². The van der Waals surface area contributed by atoms with Crippen molar-refractivity contribution in [2.45, 2.75) is 193 Å². The lowest BCUT2D eigenvalue weighted by Gasteiger charge is -2.56. The Hall–Kier alpha value is -4.26. The molecule has 0 bridgehead atoms. The Morgan fingerprint density at radius 2 is 0.779 bits per heavy atom. The molecule has 0 aliphatic heterocycles. The van der Waals surface area contributed by atoms with Crippen LogP contribution in [0.5, 0.6) is 17.2 Å². The summed E-state index contributed by atoms with van der Waals surface area (Å²) in [5.74, 6) is -4.80. The van der Waals surface area contributed by atoms with E-state index in [9.17, 15) is 52.7 Å². The molecule has 6 nitrogen and oxygen atoms in total. The van der Waals surface area contributed by atoms with E-state index in [1.807, 2.05) is 13.8 Å². The molecule has 0 amide bonds. The molecular weight excluding hydrogens is 1070 g/mol. The summed E-state index contributed by atoms with van der Waals surface area (Å²) in [5.41, 5.74) is -16.4. The molecule has 3 rings (SSSR count). The van der Waals surface area contributed by atoms with E-state index in [1.54, 1.807) is 13.8 Å². The van der Waals surface area contributed by atoms with Crippen LogP contribution in [0.15, 0.2) is 48.5 Å². The van der Waals surface area contributed by atoms with Gasteiger partial charge in [0.1, 0.15) is 17.2 Å². The Kier molecular flexibility index (Phi) is 24.6. The SMILES string of the molecule is CCCCCCCCC[N+](CCCCCCCCC)(C(CC)OCC)C(CC)(OCC)c1c(OB(Oc2cc(C(F)(F)F)cc(C(F)(F)F)c2)Oc2cc(C(F)(F)F)cc(C(F)(F)F)c2)cc(C(F)(F)F)cc1C(F)(F)F. The van der Waals surface area contributed by atoms with Gasteiger partial charge in [0.2, 0.25) is 5.72 Å². The van der Waals surface area contributed by atoms with Crippen LogP contribution in [-0.4, -0.2) is 44.3 Å². The number of hydrogen-bond acceptors (Lipinski definition) is 5. The van der Waals surface area contributed by atoms with Gasteiger partial charge in [-0.1, -0.05) is 91.9 Å². The van der Waals surface area contributed by atoms with Crippen LogP contribution in [0, 0.1) is 0 Å². The number of ether oxygens (including phenoxy) is 2. The van der Waals surface area contributed by atoms with Crippen molar-refractivity contribution in [3.05, 3.63) is 87.5 Å². The fourth-order valence-corrected chi connectivity index (χ4v) is 9.64. The molecule has 0 heterocycles. The van der Waals surface area contributed by atoms with Gasteiger partial charge in [0.05, 0.1) is 65.2 Å².